The summed E-state index contributed by atoms with van der Waals surface area (Å²) >= 11 is 3.40. The SMILES string of the molecule is Brc1ccc(Nc2nncc(NCc3cccnc3)n2)cc1. The van der Waals surface area contributed by atoms with Crippen LogP contribution >= 0.6 is 15.9 Å². The van der Waals surface area contributed by atoms with Crippen LogP contribution in [0.5, 0.6) is 0 Å². The number of halogens is 1. The van der Waals surface area contributed by atoms with E-state index in [0.29, 0.717) is 18.3 Å². The lowest BCUT2D eigenvalue weighted by atomic mass is 10.3. The van der Waals surface area contributed by atoms with Gasteiger partial charge in [-0.15, -0.1) is 5.10 Å². The molecule has 2 aromatic heterocycles. The van der Waals surface area contributed by atoms with E-state index in [2.05, 4.69) is 46.7 Å². The van der Waals surface area contributed by atoms with Crippen LogP contribution in [0.15, 0.2) is 59.5 Å². The van der Waals surface area contributed by atoms with Crippen LogP contribution in [-0.2, 0) is 6.54 Å². The predicted molar refractivity (Wildman–Crippen MR) is 88.8 cm³/mol. The van der Waals surface area contributed by atoms with E-state index in [1.807, 2.05) is 42.6 Å². The molecule has 3 rings (SSSR count). The third kappa shape index (κ3) is 3.98. The molecule has 0 aliphatic carbocycles. The molecule has 0 radical (unpaired) electrons. The summed E-state index contributed by atoms with van der Waals surface area (Å²) in [5.41, 5.74) is 1.97. The Bertz CT molecular complexity index is 733. The van der Waals surface area contributed by atoms with Crippen LogP contribution in [0.2, 0.25) is 0 Å². The highest BCUT2D eigenvalue weighted by molar-refractivity contribution is 9.10. The minimum atomic E-state index is 0.443. The second kappa shape index (κ2) is 6.95. The van der Waals surface area contributed by atoms with E-state index >= 15 is 0 Å². The first-order valence-corrected chi connectivity index (χ1v) is 7.44. The van der Waals surface area contributed by atoms with Gasteiger partial charge in [-0.05, 0) is 35.9 Å². The molecular formula is C15H13BrN6. The standard InChI is InChI=1S/C15H13BrN6/c16-12-3-5-13(6-4-12)20-15-21-14(10-19-22-15)18-9-11-2-1-7-17-8-11/h1-8,10H,9H2,(H2,18,20,21,22). The fourth-order valence-electron chi connectivity index (χ4n) is 1.80. The molecule has 0 spiro atoms. The number of nitrogens with one attached hydrogen (secondary N) is 2. The van der Waals surface area contributed by atoms with Crippen LogP contribution in [0.4, 0.5) is 17.5 Å². The van der Waals surface area contributed by atoms with E-state index in [4.69, 9.17) is 0 Å². The fraction of sp³-hybridized carbons (Fsp3) is 0.0667. The van der Waals surface area contributed by atoms with Gasteiger partial charge in [0.25, 0.3) is 0 Å². The van der Waals surface area contributed by atoms with Crippen LogP contribution in [0.25, 0.3) is 0 Å². The summed E-state index contributed by atoms with van der Waals surface area (Å²) in [5.74, 6) is 1.09. The lowest BCUT2D eigenvalue weighted by Crippen LogP contribution is -2.05. The summed E-state index contributed by atoms with van der Waals surface area (Å²) in [6, 6.07) is 11.7. The molecule has 0 bridgehead atoms. The molecule has 110 valence electrons. The maximum absolute atomic E-state index is 4.38. The number of pyridine rings is 1. The minimum Gasteiger partial charge on any atom is -0.364 e. The van der Waals surface area contributed by atoms with E-state index in [0.717, 1.165) is 15.7 Å². The third-order valence-corrected chi connectivity index (χ3v) is 3.38. The number of rotatable bonds is 5. The third-order valence-electron chi connectivity index (χ3n) is 2.86. The molecule has 0 saturated carbocycles. The average molecular weight is 357 g/mol. The van der Waals surface area contributed by atoms with Gasteiger partial charge >= 0.3 is 0 Å². The van der Waals surface area contributed by atoms with E-state index < -0.39 is 0 Å². The van der Waals surface area contributed by atoms with Crippen molar-refractivity contribution < 1.29 is 0 Å². The highest BCUT2D eigenvalue weighted by Gasteiger charge is 2.01. The van der Waals surface area contributed by atoms with Gasteiger partial charge in [0.2, 0.25) is 5.95 Å². The van der Waals surface area contributed by atoms with Gasteiger partial charge in [0.05, 0.1) is 6.20 Å². The van der Waals surface area contributed by atoms with Gasteiger partial charge in [0.15, 0.2) is 5.82 Å². The van der Waals surface area contributed by atoms with Crippen molar-refractivity contribution in [2.45, 2.75) is 6.54 Å². The second-order valence-corrected chi connectivity index (χ2v) is 5.43. The number of hydrogen-bond acceptors (Lipinski definition) is 6. The van der Waals surface area contributed by atoms with Crippen molar-refractivity contribution in [3.8, 4) is 0 Å². The first-order valence-electron chi connectivity index (χ1n) is 6.65. The number of anilines is 3. The molecular weight excluding hydrogens is 344 g/mol. The molecule has 1 aromatic carbocycles. The van der Waals surface area contributed by atoms with Gasteiger partial charge in [-0.25, -0.2) is 0 Å². The smallest absolute Gasteiger partial charge is 0.249 e. The van der Waals surface area contributed by atoms with E-state index in [-0.39, 0.29) is 0 Å². The predicted octanol–water partition coefficient (Wildman–Crippen LogP) is 3.38. The summed E-state index contributed by atoms with van der Waals surface area (Å²) in [5, 5.41) is 14.2. The number of nitrogens with zero attached hydrogens (tertiary/aromatic N) is 4. The summed E-state index contributed by atoms with van der Waals surface area (Å²) in [6.07, 6.45) is 5.14. The largest absolute Gasteiger partial charge is 0.364 e. The van der Waals surface area contributed by atoms with Gasteiger partial charge in [-0.2, -0.15) is 10.1 Å². The molecule has 0 aliphatic rings. The Balaban J connectivity index is 1.66. The molecule has 0 aliphatic heterocycles. The number of benzene rings is 1. The topological polar surface area (TPSA) is 75.6 Å². The molecule has 7 heteroatoms. The Kier molecular flexibility index (Phi) is 4.55. The van der Waals surface area contributed by atoms with E-state index in [1.54, 1.807) is 12.4 Å². The summed E-state index contributed by atoms with van der Waals surface area (Å²) in [4.78, 5) is 8.45. The molecule has 0 amide bonds. The Morgan fingerprint density at radius 2 is 1.91 bits per heavy atom. The van der Waals surface area contributed by atoms with Gasteiger partial charge < -0.3 is 10.6 Å². The Labute approximate surface area is 136 Å². The quantitative estimate of drug-likeness (QED) is 0.729. The van der Waals surface area contributed by atoms with Crippen molar-refractivity contribution in [3.05, 3.63) is 65.0 Å². The Morgan fingerprint density at radius 1 is 1.05 bits per heavy atom. The van der Waals surface area contributed by atoms with Crippen molar-refractivity contribution in [1.82, 2.24) is 20.2 Å². The summed E-state index contributed by atoms with van der Waals surface area (Å²) < 4.78 is 1.02. The van der Waals surface area contributed by atoms with Crippen LogP contribution in [0, 0.1) is 0 Å². The first kappa shape index (κ1) is 14.4. The van der Waals surface area contributed by atoms with Crippen molar-refractivity contribution in [3.63, 3.8) is 0 Å². The van der Waals surface area contributed by atoms with Crippen molar-refractivity contribution in [1.29, 1.82) is 0 Å². The fourth-order valence-corrected chi connectivity index (χ4v) is 2.06. The normalized spacial score (nSPS) is 10.2. The monoisotopic (exact) mass is 356 g/mol. The molecule has 0 saturated heterocycles. The molecule has 0 atom stereocenters. The second-order valence-electron chi connectivity index (χ2n) is 4.51. The van der Waals surface area contributed by atoms with Gasteiger partial charge in [0.1, 0.15) is 0 Å². The van der Waals surface area contributed by atoms with Crippen molar-refractivity contribution >= 4 is 33.4 Å². The van der Waals surface area contributed by atoms with E-state index in [1.165, 1.54) is 0 Å². The molecule has 0 unspecified atom stereocenters. The highest BCUT2D eigenvalue weighted by Crippen LogP contribution is 2.17. The lowest BCUT2D eigenvalue weighted by molar-refractivity contribution is 0.964. The maximum Gasteiger partial charge on any atom is 0.249 e. The molecule has 6 nitrogen and oxygen atoms in total. The van der Waals surface area contributed by atoms with Gasteiger partial charge in [-0.1, -0.05) is 22.0 Å². The van der Waals surface area contributed by atoms with Gasteiger partial charge in [-0.3, -0.25) is 4.98 Å². The van der Waals surface area contributed by atoms with Gasteiger partial charge in [0, 0.05) is 29.1 Å². The maximum atomic E-state index is 4.38. The van der Waals surface area contributed by atoms with Crippen LogP contribution in [-0.4, -0.2) is 20.2 Å². The van der Waals surface area contributed by atoms with E-state index in [9.17, 15) is 0 Å². The highest BCUT2D eigenvalue weighted by atomic mass is 79.9. The molecule has 0 fully saturated rings. The molecule has 3 aromatic rings. The van der Waals surface area contributed by atoms with Crippen LogP contribution < -0.4 is 10.6 Å². The molecule has 2 heterocycles. The molecule has 2 N–H and O–H groups in total. The zero-order chi connectivity index (χ0) is 15.2. The molecule has 22 heavy (non-hydrogen) atoms. The summed E-state index contributed by atoms with van der Waals surface area (Å²) in [7, 11) is 0. The zero-order valence-corrected chi connectivity index (χ0v) is 13.2. The lowest BCUT2D eigenvalue weighted by Gasteiger charge is -2.07. The zero-order valence-electron chi connectivity index (χ0n) is 11.6. The van der Waals surface area contributed by atoms with Crippen molar-refractivity contribution in [2.24, 2.45) is 0 Å². The Hall–Kier alpha value is -2.54. The number of hydrogen-bond donors (Lipinski definition) is 2. The Morgan fingerprint density at radius 3 is 2.68 bits per heavy atom. The van der Waals surface area contributed by atoms with Crippen LogP contribution in [0.1, 0.15) is 5.56 Å². The van der Waals surface area contributed by atoms with Crippen molar-refractivity contribution in [2.75, 3.05) is 10.6 Å². The average Bonchev–Trinajstić information content (AvgIpc) is 2.57. The number of aromatic nitrogens is 4. The summed E-state index contributed by atoms with van der Waals surface area (Å²) in [6.45, 7) is 0.629. The van der Waals surface area contributed by atoms with Crippen LogP contribution in [0.3, 0.4) is 0 Å². The minimum absolute atomic E-state index is 0.443. The first-order chi connectivity index (χ1) is 10.8.